The number of ether oxygens (including phenoxy) is 1. The number of nitrogens with zero attached hydrogens (tertiary/aromatic N) is 1. The van der Waals surface area contributed by atoms with Gasteiger partial charge in [-0.25, -0.2) is 4.79 Å². The zero-order valence-electron chi connectivity index (χ0n) is 11.0. The lowest BCUT2D eigenvalue weighted by atomic mass is 10.0. The quantitative estimate of drug-likeness (QED) is 0.826. The van der Waals surface area contributed by atoms with E-state index < -0.39 is 11.8 Å². The Morgan fingerprint density at radius 3 is 2.95 bits per heavy atom. The number of hydrogen-bond donors (Lipinski definition) is 2. The second-order valence-corrected chi connectivity index (χ2v) is 5.29. The van der Waals surface area contributed by atoms with Crippen molar-refractivity contribution >= 4 is 12.0 Å². The van der Waals surface area contributed by atoms with Crippen molar-refractivity contribution in [2.24, 2.45) is 5.73 Å². The van der Waals surface area contributed by atoms with E-state index in [0.29, 0.717) is 13.0 Å². The van der Waals surface area contributed by atoms with Crippen molar-refractivity contribution in [2.75, 3.05) is 6.54 Å². The van der Waals surface area contributed by atoms with Gasteiger partial charge in [0.25, 0.3) is 0 Å². The van der Waals surface area contributed by atoms with E-state index in [1.807, 2.05) is 30.3 Å². The SMILES string of the molecule is N[C@@]12CCN(C(=O)OCc3ccccc3)[C@@H]1CC(=O)N2. The number of nitrogens with two attached hydrogens (primary N) is 1. The lowest BCUT2D eigenvalue weighted by Gasteiger charge is -2.27. The highest BCUT2D eigenvalue weighted by Gasteiger charge is 2.53. The molecular formula is C14H17N3O3. The lowest BCUT2D eigenvalue weighted by Crippen LogP contribution is -2.56. The van der Waals surface area contributed by atoms with E-state index in [1.54, 1.807) is 4.90 Å². The number of likely N-dealkylation sites (tertiary alicyclic amines) is 1. The van der Waals surface area contributed by atoms with Crippen LogP contribution in [-0.4, -0.2) is 35.1 Å². The molecule has 0 bridgehead atoms. The number of amides is 2. The van der Waals surface area contributed by atoms with Gasteiger partial charge in [-0.05, 0) is 5.56 Å². The van der Waals surface area contributed by atoms with Gasteiger partial charge in [0, 0.05) is 13.0 Å². The Hall–Kier alpha value is -2.08. The van der Waals surface area contributed by atoms with Gasteiger partial charge >= 0.3 is 6.09 Å². The summed E-state index contributed by atoms with van der Waals surface area (Å²) in [4.78, 5) is 25.1. The van der Waals surface area contributed by atoms with E-state index in [1.165, 1.54) is 0 Å². The van der Waals surface area contributed by atoms with Crippen molar-refractivity contribution in [1.29, 1.82) is 0 Å². The number of carbonyl (C=O) groups is 2. The predicted molar refractivity (Wildman–Crippen MR) is 71.4 cm³/mol. The molecule has 20 heavy (non-hydrogen) atoms. The van der Waals surface area contributed by atoms with Gasteiger partial charge in [0.2, 0.25) is 5.91 Å². The minimum Gasteiger partial charge on any atom is -0.445 e. The average molecular weight is 275 g/mol. The van der Waals surface area contributed by atoms with Gasteiger partial charge in [0.05, 0.1) is 12.5 Å². The normalized spacial score (nSPS) is 28.1. The van der Waals surface area contributed by atoms with E-state index in [4.69, 9.17) is 10.5 Å². The molecule has 0 aromatic heterocycles. The fourth-order valence-corrected chi connectivity index (χ4v) is 2.85. The summed E-state index contributed by atoms with van der Waals surface area (Å²) in [6.07, 6.45) is 0.392. The first-order valence-corrected chi connectivity index (χ1v) is 6.66. The van der Waals surface area contributed by atoms with Crippen LogP contribution in [0.1, 0.15) is 18.4 Å². The van der Waals surface area contributed by atoms with E-state index in [9.17, 15) is 9.59 Å². The number of hydrogen-bond acceptors (Lipinski definition) is 4. The summed E-state index contributed by atoms with van der Waals surface area (Å²) in [5, 5.41) is 2.74. The van der Waals surface area contributed by atoms with Crippen LogP contribution >= 0.6 is 0 Å². The predicted octanol–water partition coefficient (Wildman–Crippen LogP) is 0.572. The van der Waals surface area contributed by atoms with Crippen molar-refractivity contribution in [2.45, 2.75) is 31.2 Å². The topological polar surface area (TPSA) is 84.7 Å². The van der Waals surface area contributed by atoms with Crippen LogP contribution in [0.4, 0.5) is 4.79 Å². The van der Waals surface area contributed by atoms with Crippen molar-refractivity contribution in [3.63, 3.8) is 0 Å². The van der Waals surface area contributed by atoms with Crippen molar-refractivity contribution < 1.29 is 14.3 Å². The van der Waals surface area contributed by atoms with Crippen LogP contribution in [0.25, 0.3) is 0 Å². The van der Waals surface area contributed by atoms with Gasteiger partial charge in [-0.3, -0.25) is 4.79 Å². The number of nitrogens with one attached hydrogen (secondary N) is 1. The summed E-state index contributed by atoms with van der Waals surface area (Å²) >= 11 is 0. The molecular weight excluding hydrogens is 258 g/mol. The van der Waals surface area contributed by atoms with Crippen LogP contribution in [0.2, 0.25) is 0 Å². The molecule has 0 radical (unpaired) electrons. The fraction of sp³-hybridized carbons (Fsp3) is 0.429. The van der Waals surface area contributed by atoms with Gasteiger partial charge < -0.3 is 20.7 Å². The van der Waals surface area contributed by atoms with Crippen molar-refractivity contribution in [3.8, 4) is 0 Å². The molecule has 0 aliphatic carbocycles. The van der Waals surface area contributed by atoms with Gasteiger partial charge in [0.15, 0.2) is 0 Å². The maximum atomic E-state index is 12.1. The molecule has 2 aliphatic rings. The van der Waals surface area contributed by atoms with Crippen LogP contribution in [0.15, 0.2) is 30.3 Å². The summed E-state index contributed by atoms with van der Waals surface area (Å²) in [5.41, 5.74) is 6.25. The van der Waals surface area contributed by atoms with E-state index >= 15 is 0 Å². The molecule has 0 spiro atoms. The summed E-state index contributed by atoms with van der Waals surface area (Å²) in [6.45, 7) is 0.733. The number of benzene rings is 1. The monoisotopic (exact) mass is 275 g/mol. The highest BCUT2D eigenvalue weighted by atomic mass is 16.6. The summed E-state index contributed by atoms with van der Waals surface area (Å²) < 4.78 is 5.29. The first-order chi connectivity index (χ1) is 9.58. The lowest BCUT2D eigenvalue weighted by molar-refractivity contribution is -0.120. The zero-order chi connectivity index (χ0) is 14.2. The Bertz CT molecular complexity index is 534. The Morgan fingerprint density at radius 1 is 1.45 bits per heavy atom. The Labute approximate surface area is 116 Å². The smallest absolute Gasteiger partial charge is 0.410 e. The molecule has 1 aromatic carbocycles. The fourth-order valence-electron chi connectivity index (χ4n) is 2.85. The third-order valence-electron chi connectivity index (χ3n) is 3.93. The molecule has 6 heteroatoms. The average Bonchev–Trinajstić information content (AvgIpc) is 2.89. The van der Waals surface area contributed by atoms with E-state index in [2.05, 4.69) is 5.32 Å². The second-order valence-electron chi connectivity index (χ2n) is 5.29. The van der Waals surface area contributed by atoms with Crippen LogP contribution in [0.3, 0.4) is 0 Å². The molecule has 2 heterocycles. The van der Waals surface area contributed by atoms with E-state index in [0.717, 1.165) is 5.56 Å². The third kappa shape index (κ3) is 2.22. The highest BCUT2D eigenvalue weighted by molar-refractivity contribution is 5.82. The van der Waals surface area contributed by atoms with E-state index in [-0.39, 0.29) is 25.0 Å². The molecule has 2 aliphatic heterocycles. The van der Waals surface area contributed by atoms with Gasteiger partial charge in [-0.15, -0.1) is 0 Å². The number of fused-ring (bicyclic) bond motifs is 1. The van der Waals surface area contributed by atoms with Crippen molar-refractivity contribution in [3.05, 3.63) is 35.9 Å². The molecule has 2 saturated heterocycles. The van der Waals surface area contributed by atoms with Gasteiger partial charge in [0.1, 0.15) is 12.3 Å². The standard InChI is InChI=1S/C14H17N3O3/c15-14-6-7-17(11(14)8-12(18)16-14)13(19)20-9-10-4-2-1-3-5-10/h1-5,11H,6-9,15H2,(H,16,18)/t11-,14-/m1/s1. The number of rotatable bonds is 2. The summed E-state index contributed by atoms with van der Waals surface area (Å²) in [7, 11) is 0. The maximum absolute atomic E-state index is 12.1. The van der Waals surface area contributed by atoms with Crippen LogP contribution in [-0.2, 0) is 16.1 Å². The Balaban J connectivity index is 1.62. The molecule has 2 atom stereocenters. The molecule has 2 fully saturated rings. The minimum absolute atomic E-state index is 0.113. The largest absolute Gasteiger partial charge is 0.445 e. The summed E-state index contributed by atoms with van der Waals surface area (Å²) in [5.74, 6) is -0.113. The molecule has 3 N–H and O–H groups in total. The highest BCUT2D eigenvalue weighted by Crippen LogP contribution is 2.31. The van der Waals surface area contributed by atoms with Gasteiger partial charge in [-0.2, -0.15) is 0 Å². The molecule has 3 rings (SSSR count). The molecule has 1 aromatic rings. The maximum Gasteiger partial charge on any atom is 0.410 e. The molecule has 106 valence electrons. The van der Waals surface area contributed by atoms with Crippen LogP contribution in [0.5, 0.6) is 0 Å². The first kappa shape index (κ1) is 12.9. The first-order valence-electron chi connectivity index (χ1n) is 6.66. The Morgan fingerprint density at radius 2 is 2.20 bits per heavy atom. The molecule has 2 amide bonds. The van der Waals surface area contributed by atoms with Crippen LogP contribution < -0.4 is 11.1 Å². The van der Waals surface area contributed by atoms with Crippen LogP contribution in [0, 0.1) is 0 Å². The Kier molecular flexibility index (Phi) is 3.10. The zero-order valence-corrected chi connectivity index (χ0v) is 11.0. The summed E-state index contributed by atoms with van der Waals surface area (Å²) in [6, 6.07) is 9.17. The number of carbonyl (C=O) groups excluding carboxylic acids is 2. The molecule has 0 saturated carbocycles. The third-order valence-corrected chi connectivity index (χ3v) is 3.93. The molecule has 6 nitrogen and oxygen atoms in total. The second kappa shape index (κ2) is 4.79. The molecule has 0 unspecified atom stereocenters. The van der Waals surface area contributed by atoms with Crippen molar-refractivity contribution in [1.82, 2.24) is 10.2 Å². The minimum atomic E-state index is -0.789. The van der Waals surface area contributed by atoms with Gasteiger partial charge in [-0.1, -0.05) is 30.3 Å².